The normalized spacial score (nSPS) is 11.7. The fraction of sp³-hybridized carbons (Fsp3) is 0.571. The molecule has 102 valence electrons. The zero-order valence-corrected chi connectivity index (χ0v) is 13.9. The van der Waals surface area contributed by atoms with Gasteiger partial charge >= 0.3 is 6.00 Å². The minimum Gasteiger partial charge on any atom is -0.126 e. The molecule has 1 aromatic carbocycles. The maximum absolute atomic E-state index is 5.83. The van der Waals surface area contributed by atoms with E-state index in [0.717, 1.165) is 12.5 Å². The van der Waals surface area contributed by atoms with Crippen LogP contribution in [0.15, 0.2) is 30.3 Å². The minimum absolute atomic E-state index is 0.807. The van der Waals surface area contributed by atoms with Gasteiger partial charge < -0.3 is 0 Å². The lowest BCUT2D eigenvalue weighted by Crippen LogP contribution is -2.07. The van der Waals surface area contributed by atoms with Crippen LogP contribution >= 0.6 is 33.2 Å². The summed E-state index contributed by atoms with van der Waals surface area (Å²) in [7, 11) is 0. The molecule has 0 fully saturated rings. The van der Waals surface area contributed by atoms with Gasteiger partial charge in [0.2, 0.25) is 0 Å². The zero-order chi connectivity index (χ0) is 13.3. The van der Waals surface area contributed by atoms with Gasteiger partial charge in [-0.2, -0.15) is 0 Å². The highest BCUT2D eigenvalue weighted by Crippen LogP contribution is 2.27. The molecular weight excluding hydrogens is 303 g/mol. The molecule has 0 nitrogen and oxygen atoms in total. The van der Waals surface area contributed by atoms with Crippen molar-refractivity contribution in [2.24, 2.45) is 0 Å². The van der Waals surface area contributed by atoms with Crippen molar-refractivity contribution in [3.8, 4) is 0 Å². The van der Waals surface area contributed by atoms with Crippen LogP contribution in [0.5, 0.6) is 0 Å². The molecule has 18 heavy (non-hydrogen) atoms. The Balaban J connectivity index is 1.90. The Bertz CT molecular complexity index is 309. The summed E-state index contributed by atoms with van der Waals surface area (Å²) in [5.74, 6) is 0. The van der Waals surface area contributed by atoms with Gasteiger partial charge in [-0.05, 0) is 24.4 Å². The van der Waals surface area contributed by atoms with Crippen LogP contribution in [-0.2, 0) is 6.42 Å². The molecule has 4 heteroatoms. The fourth-order valence-electron chi connectivity index (χ4n) is 2.01. The Morgan fingerprint density at radius 3 is 1.89 bits per heavy atom. The second-order valence-corrected chi connectivity index (χ2v) is 14.0. The molecule has 0 aliphatic heterocycles. The standard InChI is InChI=1S/C14H21Cl3Si/c15-18(16,17)13-9-4-2-1-3-6-10-14-11-7-5-8-12-14/h5,7-8,11-12H,1-4,6,9-10,13H2. The maximum atomic E-state index is 5.83. The first-order chi connectivity index (χ1) is 8.58. The third kappa shape index (κ3) is 9.27. The summed E-state index contributed by atoms with van der Waals surface area (Å²) in [6.45, 7) is 0. The first kappa shape index (κ1) is 16.4. The van der Waals surface area contributed by atoms with Crippen molar-refractivity contribution in [1.82, 2.24) is 0 Å². The van der Waals surface area contributed by atoms with E-state index in [0.29, 0.717) is 0 Å². The number of aryl methyl sites for hydroxylation is 1. The highest BCUT2D eigenvalue weighted by molar-refractivity contribution is 7.64. The van der Waals surface area contributed by atoms with E-state index in [-0.39, 0.29) is 0 Å². The minimum atomic E-state index is -2.36. The molecule has 0 N–H and O–H groups in total. The predicted octanol–water partition coefficient (Wildman–Crippen LogP) is 6.23. The number of hydrogen-bond acceptors (Lipinski definition) is 0. The molecule has 0 saturated heterocycles. The van der Waals surface area contributed by atoms with Gasteiger partial charge in [-0.25, -0.2) is 0 Å². The molecule has 0 bridgehead atoms. The van der Waals surface area contributed by atoms with Crippen molar-refractivity contribution in [2.75, 3.05) is 0 Å². The average Bonchev–Trinajstić information content (AvgIpc) is 2.32. The zero-order valence-electron chi connectivity index (χ0n) is 10.7. The van der Waals surface area contributed by atoms with Gasteiger partial charge in [0.15, 0.2) is 0 Å². The van der Waals surface area contributed by atoms with Crippen LogP contribution in [0.2, 0.25) is 6.04 Å². The molecular formula is C14H21Cl3Si. The molecule has 0 aliphatic carbocycles. The smallest absolute Gasteiger partial charge is 0.126 e. The largest absolute Gasteiger partial charge is 0.341 e. The first-order valence-corrected chi connectivity index (χ1v) is 11.9. The Labute approximate surface area is 126 Å². The van der Waals surface area contributed by atoms with Crippen molar-refractivity contribution < 1.29 is 0 Å². The summed E-state index contributed by atoms with van der Waals surface area (Å²) in [6, 6.07) is 9.13. The number of halogens is 3. The van der Waals surface area contributed by atoms with Crippen LogP contribution in [0.25, 0.3) is 0 Å². The second-order valence-electron chi connectivity index (χ2n) is 4.72. The van der Waals surface area contributed by atoms with Gasteiger partial charge in [-0.15, -0.1) is 33.2 Å². The third-order valence-corrected chi connectivity index (χ3v) is 5.64. The van der Waals surface area contributed by atoms with Crippen molar-refractivity contribution >= 4 is 39.2 Å². The molecule has 0 aliphatic rings. The molecule has 0 radical (unpaired) electrons. The SMILES string of the molecule is Cl[Si](Cl)(Cl)CCCCCCCCc1ccccc1. The van der Waals surface area contributed by atoms with E-state index < -0.39 is 6.00 Å². The molecule has 0 heterocycles. The van der Waals surface area contributed by atoms with Crippen LogP contribution in [0.3, 0.4) is 0 Å². The summed E-state index contributed by atoms with van der Waals surface area (Å²) in [6.07, 6.45) is 8.62. The summed E-state index contributed by atoms with van der Waals surface area (Å²) in [5, 5.41) is 0. The molecule has 1 aromatic rings. The van der Waals surface area contributed by atoms with Gasteiger partial charge in [0.1, 0.15) is 0 Å². The maximum Gasteiger partial charge on any atom is 0.341 e. The van der Waals surface area contributed by atoms with E-state index in [1.165, 1.54) is 44.1 Å². The molecule has 1 rings (SSSR count). The Kier molecular flexibility index (Phi) is 8.41. The van der Waals surface area contributed by atoms with Gasteiger partial charge in [-0.3, -0.25) is 0 Å². The van der Waals surface area contributed by atoms with Gasteiger partial charge in [0.05, 0.1) is 0 Å². The van der Waals surface area contributed by atoms with Crippen molar-refractivity contribution in [2.45, 2.75) is 51.0 Å². The number of unbranched alkanes of at least 4 members (excludes halogenated alkanes) is 5. The third-order valence-electron chi connectivity index (χ3n) is 3.02. The molecule has 0 saturated carbocycles. The van der Waals surface area contributed by atoms with E-state index in [2.05, 4.69) is 30.3 Å². The summed E-state index contributed by atoms with van der Waals surface area (Å²) >= 11 is 17.5. The number of hydrogen-bond donors (Lipinski definition) is 0. The lowest BCUT2D eigenvalue weighted by Gasteiger charge is -2.06. The topological polar surface area (TPSA) is 0 Å². The second kappa shape index (κ2) is 9.25. The molecule has 0 amide bonds. The predicted molar refractivity (Wildman–Crippen MR) is 86.0 cm³/mol. The van der Waals surface area contributed by atoms with E-state index in [4.69, 9.17) is 33.2 Å². The van der Waals surface area contributed by atoms with Crippen LogP contribution in [0.4, 0.5) is 0 Å². The summed E-state index contributed by atoms with van der Waals surface area (Å²) < 4.78 is 0. The van der Waals surface area contributed by atoms with Crippen molar-refractivity contribution in [1.29, 1.82) is 0 Å². The van der Waals surface area contributed by atoms with Gasteiger partial charge in [-0.1, -0.05) is 62.4 Å². The summed E-state index contributed by atoms with van der Waals surface area (Å²) in [4.78, 5) is 0. The quantitative estimate of drug-likeness (QED) is 0.287. The van der Waals surface area contributed by atoms with Crippen molar-refractivity contribution in [3.05, 3.63) is 35.9 Å². The van der Waals surface area contributed by atoms with Gasteiger partial charge in [0.25, 0.3) is 0 Å². The van der Waals surface area contributed by atoms with E-state index in [1.54, 1.807) is 0 Å². The number of benzene rings is 1. The Morgan fingerprint density at radius 2 is 1.28 bits per heavy atom. The summed E-state index contributed by atoms with van der Waals surface area (Å²) in [5.41, 5.74) is 1.44. The van der Waals surface area contributed by atoms with Crippen LogP contribution in [-0.4, -0.2) is 6.00 Å². The van der Waals surface area contributed by atoms with Crippen LogP contribution in [0, 0.1) is 0 Å². The van der Waals surface area contributed by atoms with Crippen molar-refractivity contribution in [3.63, 3.8) is 0 Å². The first-order valence-electron chi connectivity index (χ1n) is 6.68. The van der Waals surface area contributed by atoms with E-state index >= 15 is 0 Å². The lowest BCUT2D eigenvalue weighted by molar-refractivity contribution is 0.607. The van der Waals surface area contributed by atoms with E-state index in [1.807, 2.05) is 0 Å². The van der Waals surface area contributed by atoms with Crippen LogP contribution < -0.4 is 0 Å². The highest BCUT2D eigenvalue weighted by atomic mass is 35.8. The fourth-order valence-corrected chi connectivity index (χ4v) is 3.86. The van der Waals surface area contributed by atoms with E-state index in [9.17, 15) is 0 Å². The highest BCUT2D eigenvalue weighted by Gasteiger charge is 2.23. The monoisotopic (exact) mass is 322 g/mol. The van der Waals surface area contributed by atoms with Crippen LogP contribution in [0.1, 0.15) is 44.1 Å². The molecule has 0 aromatic heterocycles. The molecule has 0 spiro atoms. The Morgan fingerprint density at radius 1 is 0.722 bits per heavy atom. The molecule has 0 atom stereocenters. The molecule has 0 unspecified atom stereocenters. The number of rotatable bonds is 9. The lowest BCUT2D eigenvalue weighted by atomic mass is 10.1. The van der Waals surface area contributed by atoms with Gasteiger partial charge in [0, 0.05) is 0 Å². The Hall–Kier alpha value is 0.307. The average molecular weight is 324 g/mol.